The summed E-state index contributed by atoms with van der Waals surface area (Å²) < 4.78 is 17.9. The van der Waals surface area contributed by atoms with E-state index >= 15 is 0 Å². The van der Waals surface area contributed by atoms with Gasteiger partial charge in [-0.15, -0.1) is 0 Å². The maximum Gasteiger partial charge on any atom is 0.171 e. The summed E-state index contributed by atoms with van der Waals surface area (Å²) in [6, 6.07) is 4.02. The third-order valence-electron chi connectivity index (χ3n) is 5.21. The molecule has 0 N–H and O–H groups in total. The minimum atomic E-state index is -0.444. The Bertz CT molecular complexity index is 589. The van der Waals surface area contributed by atoms with E-state index in [4.69, 9.17) is 14.2 Å². The Morgan fingerprint density at radius 3 is 2.88 bits per heavy atom. The van der Waals surface area contributed by atoms with E-state index in [-0.39, 0.29) is 12.2 Å². The SMILES string of the molecule is CC1(C)OC[C@@H](CN2CC[C@@H](Oc3cccnc3N3CCCC3)C2)O1. The topological polar surface area (TPSA) is 47.1 Å². The molecule has 4 rings (SSSR count). The molecule has 0 spiro atoms. The molecule has 6 nitrogen and oxygen atoms in total. The van der Waals surface area contributed by atoms with Crippen LogP contribution in [-0.2, 0) is 9.47 Å². The Balaban J connectivity index is 1.32. The smallest absolute Gasteiger partial charge is 0.171 e. The number of hydrogen-bond acceptors (Lipinski definition) is 6. The Labute approximate surface area is 150 Å². The van der Waals surface area contributed by atoms with Crippen molar-refractivity contribution in [1.82, 2.24) is 9.88 Å². The summed E-state index contributed by atoms with van der Waals surface area (Å²) in [7, 11) is 0. The lowest BCUT2D eigenvalue weighted by atomic mass is 10.3. The van der Waals surface area contributed by atoms with Crippen LogP contribution in [-0.4, -0.2) is 67.2 Å². The van der Waals surface area contributed by atoms with E-state index in [0.717, 1.165) is 50.7 Å². The highest BCUT2D eigenvalue weighted by Gasteiger charge is 2.35. The van der Waals surface area contributed by atoms with Gasteiger partial charge in [0.2, 0.25) is 0 Å². The van der Waals surface area contributed by atoms with E-state index < -0.39 is 5.79 Å². The molecule has 3 saturated heterocycles. The summed E-state index contributed by atoms with van der Waals surface area (Å²) >= 11 is 0. The number of aromatic nitrogens is 1. The third kappa shape index (κ3) is 4.07. The van der Waals surface area contributed by atoms with Crippen LogP contribution in [0.3, 0.4) is 0 Å². The van der Waals surface area contributed by atoms with Gasteiger partial charge in [0.05, 0.1) is 12.7 Å². The van der Waals surface area contributed by atoms with E-state index in [9.17, 15) is 0 Å². The van der Waals surface area contributed by atoms with Crippen LogP contribution in [0.4, 0.5) is 5.82 Å². The molecule has 2 atom stereocenters. The standard InChI is InChI=1S/C19H29N3O3/c1-19(2)23-14-16(25-19)13-21-11-7-15(12-21)24-17-6-5-8-20-18(17)22-9-3-4-10-22/h5-6,8,15-16H,3-4,7,9-14H2,1-2H3/t15-,16-/m1/s1. The number of hydrogen-bond donors (Lipinski definition) is 0. The van der Waals surface area contributed by atoms with E-state index in [1.807, 2.05) is 26.1 Å². The van der Waals surface area contributed by atoms with Crippen LogP contribution in [0.1, 0.15) is 33.1 Å². The van der Waals surface area contributed by atoms with Gasteiger partial charge >= 0.3 is 0 Å². The molecule has 3 fully saturated rings. The fourth-order valence-electron chi connectivity index (χ4n) is 4.02. The van der Waals surface area contributed by atoms with Gasteiger partial charge in [-0.2, -0.15) is 0 Å². The molecule has 4 heterocycles. The van der Waals surface area contributed by atoms with E-state index in [2.05, 4.69) is 20.9 Å². The van der Waals surface area contributed by atoms with Gasteiger partial charge in [-0.05, 0) is 45.2 Å². The first kappa shape index (κ1) is 17.1. The third-order valence-corrected chi connectivity index (χ3v) is 5.21. The minimum absolute atomic E-state index is 0.160. The van der Waals surface area contributed by atoms with Crippen molar-refractivity contribution in [2.75, 3.05) is 44.2 Å². The molecule has 0 aromatic carbocycles. The molecule has 0 radical (unpaired) electrons. The van der Waals surface area contributed by atoms with Crippen LogP contribution >= 0.6 is 0 Å². The van der Waals surface area contributed by atoms with Crippen LogP contribution in [0.2, 0.25) is 0 Å². The normalized spacial score (nSPS) is 29.4. The van der Waals surface area contributed by atoms with Crippen LogP contribution in [0.5, 0.6) is 5.75 Å². The molecule has 3 aliphatic heterocycles. The molecule has 0 saturated carbocycles. The molecule has 1 aromatic rings. The number of nitrogens with zero attached hydrogens (tertiary/aromatic N) is 3. The highest BCUT2D eigenvalue weighted by atomic mass is 16.7. The maximum atomic E-state index is 6.34. The second kappa shape index (κ2) is 7.09. The highest BCUT2D eigenvalue weighted by Crippen LogP contribution is 2.31. The van der Waals surface area contributed by atoms with E-state index in [0.29, 0.717) is 6.61 Å². The predicted molar refractivity (Wildman–Crippen MR) is 96.1 cm³/mol. The molecule has 25 heavy (non-hydrogen) atoms. The zero-order valence-corrected chi connectivity index (χ0v) is 15.3. The van der Waals surface area contributed by atoms with Crippen LogP contribution in [0.25, 0.3) is 0 Å². The van der Waals surface area contributed by atoms with Crippen molar-refractivity contribution in [2.45, 2.75) is 51.1 Å². The Morgan fingerprint density at radius 1 is 1.28 bits per heavy atom. The predicted octanol–water partition coefficient (Wildman–Crippen LogP) is 2.29. The van der Waals surface area contributed by atoms with Crippen molar-refractivity contribution in [3.05, 3.63) is 18.3 Å². The van der Waals surface area contributed by atoms with Crippen LogP contribution in [0.15, 0.2) is 18.3 Å². The summed E-state index contributed by atoms with van der Waals surface area (Å²) in [6.45, 7) is 9.69. The van der Waals surface area contributed by atoms with Crippen molar-refractivity contribution in [1.29, 1.82) is 0 Å². The molecular weight excluding hydrogens is 318 g/mol. The van der Waals surface area contributed by atoms with Gasteiger partial charge in [-0.1, -0.05) is 0 Å². The summed E-state index contributed by atoms with van der Waals surface area (Å²) in [5.74, 6) is 1.49. The molecule has 1 aromatic heterocycles. The van der Waals surface area contributed by atoms with E-state index in [1.165, 1.54) is 12.8 Å². The van der Waals surface area contributed by atoms with Gasteiger partial charge in [0.25, 0.3) is 0 Å². The molecular formula is C19H29N3O3. The highest BCUT2D eigenvalue weighted by molar-refractivity contribution is 5.52. The lowest BCUT2D eigenvalue weighted by molar-refractivity contribution is -0.140. The van der Waals surface area contributed by atoms with Gasteiger partial charge < -0.3 is 19.1 Å². The van der Waals surface area contributed by atoms with Crippen molar-refractivity contribution in [3.63, 3.8) is 0 Å². The minimum Gasteiger partial charge on any atom is -0.485 e. The fourth-order valence-corrected chi connectivity index (χ4v) is 4.02. The van der Waals surface area contributed by atoms with Gasteiger partial charge in [-0.25, -0.2) is 4.98 Å². The van der Waals surface area contributed by atoms with Crippen LogP contribution < -0.4 is 9.64 Å². The van der Waals surface area contributed by atoms with Crippen molar-refractivity contribution < 1.29 is 14.2 Å². The first-order chi connectivity index (χ1) is 12.1. The lowest BCUT2D eigenvalue weighted by Crippen LogP contribution is -2.34. The number of rotatable bonds is 5. The average Bonchev–Trinajstić information content (AvgIpc) is 3.31. The monoisotopic (exact) mass is 347 g/mol. The second-order valence-corrected chi connectivity index (χ2v) is 7.76. The second-order valence-electron chi connectivity index (χ2n) is 7.76. The van der Waals surface area contributed by atoms with Crippen molar-refractivity contribution >= 4 is 5.82 Å². The molecule has 6 heteroatoms. The molecule has 3 aliphatic rings. The quantitative estimate of drug-likeness (QED) is 0.814. The number of anilines is 1. The zero-order valence-electron chi connectivity index (χ0n) is 15.3. The maximum absolute atomic E-state index is 6.34. The number of pyridine rings is 1. The molecule has 0 amide bonds. The fraction of sp³-hybridized carbons (Fsp3) is 0.737. The zero-order chi connectivity index (χ0) is 17.3. The first-order valence-corrected chi connectivity index (χ1v) is 9.50. The Morgan fingerprint density at radius 2 is 2.12 bits per heavy atom. The lowest BCUT2D eigenvalue weighted by Gasteiger charge is -2.23. The summed E-state index contributed by atoms with van der Waals surface area (Å²) in [5, 5.41) is 0. The average molecular weight is 347 g/mol. The molecule has 0 unspecified atom stereocenters. The number of ether oxygens (including phenoxy) is 3. The van der Waals surface area contributed by atoms with Gasteiger partial charge in [0.1, 0.15) is 6.10 Å². The van der Waals surface area contributed by atoms with Gasteiger partial charge in [0, 0.05) is 38.9 Å². The first-order valence-electron chi connectivity index (χ1n) is 9.50. The Kier molecular flexibility index (Phi) is 4.84. The van der Waals surface area contributed by atoms with Crippen LogP contribution in [0, 0.1) is 0 Å². The summed E-state index contributed by atoms with van der Waals surface area (Å²) in [5.41, 5.74) is 0. The molecule has 138 valence electrons. The summed E-state index contributed by atoms with van der Waals surface area (Å²) in [6.07, 6.45) is 5.78. The molecule has 0 bridgehead atoms. The van der Waals surface area contributed by atoms with Gasteiger partial charge in [-0.3, -0.25) is 4.90 Å². The Hall–Kier alpha value is -1.37. The molecule has 0 aliphatic carbocycles. The number of likely N-dealkylation sites (tertiary alicyclic amines) is 1. The van der Waals surface area contributed by atoms with E-state index in [1.54, 1.807) is 0 Å². The largest absolute Gasteiger partial charge is 0.485 e. The van der Waals surface area contributed by atoms with Gasteiger partial charge in [0.15, 0.2) is 17.4 Å². The summed E-state index contributed by atoms with van der Waals surface area (Å²) in [4.78, 5) is 9.34. The van der Waals surface area contributed by atoms with Crippen molar-refractivity contribution in [2.24, 2.45) is 0 Å². The van der Waals surface area contributed by atoms with Crippen molar-refractivity contribution in [3.8, 4) is 5.75 Å².